The molecule has 1 aliphatic heterocycles. The number of hydrogen-bond acceptors (Lipinski definition) is 7. The van der Waals surface area contributed by atoms with Crippen molar-refractivity contribution in [2.45, 2.75) is 17.5 Å². The van der Waals surface area contributed by atoms with Crippen LogP contribution < -0.4 is 10.6 Å². The highest BCUT2D eigenvalue weighted by Gasteiger charge is 2.37. The number of nitrogens with zero attached hydrogens (tertiary/aromatic N) is 3. The molecule has 1 unspecified atom stereocenters. The number of carbonyl (C=O) groups excluding carboxylic acids is 2. The molecule has 11 nitrogen and oxygen atoms in total. The van der Waals surface area contributed by atoms with Crippen molar-refractivity contribution < 1.29 is 36.7 Å². The van der Waals surface area contributed by atoms with Crippen LogP contribution >= 0.6 is 11.6 Å². The second-order valence-electron chi connectivity index (χ2n) is 8.55. The summed E-state index contributed by atoms with van der Waals surface area (Å²) in [7, 11) is -3.91. The molecule has 0 fully saturated rings. The van der Waals surface area contributed by atoms with Gasteiger partial charge in [0.15, 0.2) is 21.3 Å². The lowest BCUT2D eigenvalue weighted by molar-refractivity contribution is 0.0695. The van der Waals surface area contributed by atoms with Crippen LogP contribution in [0.5, 0.6) is 0 Å². The Bertz CT molecular complexity index is 1810. The van der Waals surface area contributed by atoms with E-state index in [2.05, 4.69) is 20.7 Å². The first-order chi connectivity index (χ1) is 18.4. The summed E-state index contributed by atoms with van der Waals surface area (Å²) in [5.74, 6) is -5.08. The summed E-state index contributed by atoms with van der Waals surface area (Å²) in [6.45, 7) is -0.0793. The zero-order valence-electron chi connectivity index (χ0n) is 19.5. The Morgan fingerprint density at radius 1 is 1.08 bits per heavy atom. The molecule has 4 aromatic rings. The van der Waals surface area contributed by atoms with Gasteiger partial charge in [0, 0.05) is 12.6 Å². The van der Waals surface area contributed by atoms with Crippen LogP contribution in [-0.4, -0.2) is 51.7 Å². The van der Waals surface area contributed by atoms with E-state index in [-0.39, 0.29) is 39.0 Å². The SMILES string of the molecule is O=C(O)c1ccc2c(c1)S(=O)(=O)CC2NC(=O)c1cc(C(=O)NCc2ccc(F)c(Cl)c2)nc2c(F)cnn12. The van der Waals surface area contributed by atoms with E-state index in [1.165, 1.54) is 24.3 Å². The first-order valence-corrected chi connectivity index (χ1v) is 13.1. The summed E-state index contributed by atoms with van der Waals surface area (Å²) in [6.07, 6.45) is 0.796. The van der Waals surface area contributed by atoms with E-state index in [1.54, 1.807) is 0 Å². The number of aromatic carboxylic acids is 1. The Morgan fingerprint density at radius 3 is 2.56 bits per heavy atom. The Morgan fingerprint density at radius 2 is 1.85 bits per heavy atom. The number of benzene rings is 2. The second-order valence-corrected chi connectivity index (χ2v) is 11.0. The smallest absolute Gasteiger partial charge is 0.335 e. The third-order valence-electron chi connectivity index (χ3n) is 5.99. The largest absolute Gasteiger partial charge is 0.478 e. The highest BCUT2D eigenvalue weighted by atomic mass is 35.5. The van der Waals surface area contributed by atoms with Gasteiger partial charge >= 0.3 is 5.97 Å². The molecule has 0 saturated carbocycles. The summed E-state index contributed by atoms with van der Waals surface area (Å²) < 4.78 is 53.9. The van der Waals surface area contributed by atoms with Crippen LogP contribution in [0.25, 0.3) is 5.65 Å². The zero-order valence-corrected chi connectivity index (χ0v) is 21.1. The molecule has 15 heteroatoms. The van der Waals surface area contributed by atoms with Crippen molar-refractivity contribution in [1.29, 1.82) is 0 Å². The van der Waals surface area contributed by atoms with Crippen LogP contribution in [-0.2, 0) is 16.4 Å². The van der Waals surface area contributed by atoms with Crippen molar-refractivity contribution in [2.75, 3.05) is 5.75 Å². The Hall–Kier alpha value is -4.43. The minimum Gasteiger partial charge on any atom is -0.478 e. The number of rotatable bonds is 6. The van der Waals surface area contributed by atoms with Crippen LogP contribution in [0.2, 0.25) is 5.02 Å². The van der Waals surface area contributed by atoms with E-state index >= 15 is 0 Å². The van der Waals surface area contributed by atoms with Gasteiger partial charge in [-0.05, 0) is 35.4 Å². The molecule has 3 heterocycles. The van der Waals surface area contributed by atoms with E-state index in [0.717, 1.165) is 28.9 Å². The fraction of sp³-hybridized carbons (Fsp3) is 0.125. The summed E-state index contributed by atoms with van der Waals surface area (Å²) in [5, 5.41) is 17.9. The van der Waals surface area contributed by atoms with E-state index < -0.39 is 56.7 Å². The van der Waals surface area contributed by atoms with Crippen molar-refractivity contribution in [1.82, 2.24) is 25.2 Å². The predicted molar refractivity (Wildman–Crippen MR) is 131 cm³/mol. The fourth-order valence-corrected chi connectivity index (χ4v) is 6.07. The van der Waals surface area contributed by atoms with Crippen LogP contribution in [0.4, 0.5) is 8.78 Å². The van der Waals surface area contributed by atoms with Gasteiger partial charge in [-0.3, -0.25) is 9.59 Å². The Kier molecular flexibility index (Phi) is 6.52. The molecule has 0 bridgehead atoms. The molecule has 2 amide bonds. The second kappa shape index (κ2) is 9.71. The third-order valence-corrected chi connectivity index (χ3v) is 8.08. The quantitative estimate of drug-likeness (QED) is 0.316. The minimum absolute atomic E-state index is 0.0793. The van der Waals surface area contributed by atoms with E-state index in [0.29, 0.717) is 5.56 Å². The molecule has 0 radical (unpaired) electrons. The molecule has 0 aliphatic carbocycles. The standard InChI is InChI=1S/C24H16ClF2N5O6S/c25-14-5-11(1-4-15(14)26)8-28-22(33)17-7-19(32-21(30-17)16(27)9-29-32)23(34)31-18-10-39(37,38)20-6-12(24(35)36)2-3-13(18)20/h1-7,9,18H,8,10H2,(H,28,33)(H,31,34)(H,35,36). The fourth-order valence-electron chi connectivity index (χ4n) is 4.11. The first-order valence-electron chi connectivity index (χ1n) is 11.1. The molecule has 1 atom stereocenters. The maximum Gasteiger partial charge on any atom is 0.335 e. The molecule has 0 saturated heterocycles. The normalized spacial score (nSPS) is 15.6. The highest BCUT2D eigenvalue weighted by Crippen LogP contribution is 2.34. The minimum atomic E-state index is -3.91. The Balaban J connectivity index is 1.43. The van der Waals surface area contributed by atoms with Gasteiger partial charge in [-0.2, -0.15) is 5.10 Å². The molecular formula is C24H16ClF2N5O6S. The summed E-state index contributed by atoms with van der Waals surface area (Å²) in [5.41, 5.74) is -0.663. The Labute approximate surface area is 223 Å². The van der Waals surface area contributed by atoms with Gasteiger partial charge in [-0.15, -0.1) is 0 Å². The highest BCUT2D eigenvalue weighted by molar-refractivity contribution is 7.91. The molecule has 1 aliphatic rings. The maximum absolute atomic E-state index is 14.4. The average molecular weight is 576 g/mol. The van der Waals surface area contributed by atoms with Gasteiger partial charge in [0.1, 0.15) is 17.2 Å². The number of carboxylic acids is 1. The van der Waals surface area contributed by atoms with Crippen molar-refractivity contribution in [3.8, 4) is 0 Å². The number of amides is 2. The van der Waals surface area contributed by atoms with Crippen LogP contribution in [0.3, 0.4) is 0 Å². The lowest BCUT2D eigenvalue weighted by Crippen LogP contribution is -2.32. The molecule has 5 rings (SSSR count). The molecule has 39 heavy (non-hydrogen) atoms. The van der Waals surface area contributed by atoms with Crippen LogP contribution in [0.15, 0.2) is 53.6 Å². The summed E-state index contributed by atoms with van der Waals surface area (Å²) in [4.78, 5) is 41.0. The monoisotopic (exact) mass is 575 g/mol. The zero-order chi connectivity index (χ0) is 28.1. The average Bonchev–Trinajstić information content (AvgIpc) is 3.39. The molecule has 2 aromatic carbocycles. The third kappa shape index (κ3) is 4.91. The van der Waals surface area contributed by atoms with Crippen molar-refractivity contribution >= 4 is 44.9 Å². The lowest BCUT2D eigenvalue weighted by Gasteiger charge is -2.14. The lowest BCUT2D eigenvalue weighted by atomic mass is 10.1. The molecular weight excluding hydrogens is 560 g/mol. The molecule has 2 aromatic heterocycles. The van der Waals surface area contributed by atoms with Crippen LogP contribution in [0.1, 0.15) is 48.5 Å². The van der Waals surface area contributed by atoms with Crippen molar-refractivity contribution in [2.24, 2.45) is 0 Å². The number of carbonyl (C=O) groups is 3. The van der Waals surface area contributed by atoms with Crippen LogP contribution in [0, 0.1) is 11.6 Å². The number of hydrogen-bond donors (Lipinski definition) is 3. The van der Waals surface area contributed by atoms with Gasteiger partial charge in [-0.25, -0.2) is 31.5 Å². The molecule has 200 valence electrons. The van der Waals surface area contributed by atoms with Gasteiger partial charge in [0.25, 0.3) is 11.8 Å². The number of carboxylic acid groups (broad SMARTS) is 1. The first kappa shape index (κ1) is 26.2. The van der Waals surface area contributed by atoms with E-state index in [1.807, 2.05) is 0 Å². The van der Waals surface area contributed by atoms with Gasteiger partial charge in [-0.1, -0.05) is 23.7 Å². The van der Waals surface area contributed by atoms with Crippen molar-refractivity contribution in [3.63, 3.8) is 0 Å². The summed E-state index contributed by atoms with van der Waals surface area (Å²) in [6, 6.07) is 7.38. The number of sulfone groups is 1. The topological polar surface area (TPSA) is 160 Å². The van der Waals surface area contributed by atoms with Gasteiger partial charge in [0.05, 0.1) is 33.5 Å². The number of fused-ring (bicyclic) bond motifs is 2. The molecule has 0 spiro atoms. The number of aromatic nitrogens is 3. The van der Waals surface area contributed by atoms with E-state index in [4.69, 9.17) is 11.6 Å². The predicted octanol–water partition coefficient (Wildman–Crippen LogP) is 2.55. The van der Waals surface area contributed by atoms with Crippen molar-refractivity contribution in [3.05, 3.63) is 93.4 Å². The van der Waals surface area contributed by atoms with Gasteiger partial charge < -0.3 is 15.7 Å². The molecule has 3 N–H and O–H groups in total. The number of nitrogens with one attached hydrogen (secondary N) is 2. The maximum atomic E-state index is 14.4. The summed E-state index contributed by atoms with van der Waals surface area (Å²) >= 11 is 5.75. The number of halogens is 3. The van der Waals surface area contributed by atoms with E-state index in [9.17, 15) is 36.7 Å². The van der Waals surface area contributed by atoms with Gasteiger partial charge in [0.2, 0.25) is 0 Å².